The predicted octanol–water partition coefficient (Wildman–Crippen LogP) is 4.42. The Hall–Kier alpha value is -4.24. The average molecular weight is 489 g/mol. The number of fused-ring (bicyclic) bond motifs is 2. The largest absolute Gasteiger partial charge is 0.489 e. The molecule has 0 radical (unpaired) electrons. The number of ether oxygens (including phenoxy) is 2. The van der Waals surface area contributed by atoms with E-state index in [1.165, 1.54) is 27.9 Å². The van der Waals surface area contributed by atoms with E-state index in [4.69, 9.17) is 13.9 Å². The molecule has 5 rings (SSSR count). The van der Waals surface area contributed by atoms with Crippen molar-refractivity contribution in [1.29, 1.82) is 0 Å². The van der Waals surface area contributed by atoms with Gasteiger partial charge < -0.3 is 13.9 Å². The number of thiazole rings is 1. The van der Waals surface area contributed by atoms with Crippen LogP contribution in [0.2, 0.25) is 0 Å². The number of benzene rings is 2. The summed E-state index contributed by atoms with van der Waals surface area (Å²) < 4.78 is 17.9. The van der Waals surface area contributed by atoms with Crippen molar-refractivity contribution in [3.05, 3.63) is 109 Å². The van der Waals surface area contributed by atoms with Gasteiger partial charge in [0.05, 0.1) is 11.3 Å². The zero-order valence-corrected chi connectivity index (χ0v) is 19.8. The number of aryl methyl sites for hydroxylation is 2. The zero-order valence-electron chi connectivity index (χ0n) is 18.9. The van der Waals surface area contributed by atoms with Gasteiger partial charge in [-0.1, -0.05) is 12.1 Å². The van der Waals surface area contributed by atoms with Crippen LogP contribution in [0.4, 0.5) is 0 Å². The van der Waals surface area contributed by atoms with Gasteiger partial charge >= 0.3 is 11.6 Å². The summed E-state index contributed by atoms with van der Waals surface area (Å²) in [6.45, 7) is 3.87. The first-order valence-corrected chi connectivity index (χ1v) is 11.7. The summed E-state index contributed by atoms with van der Waals surface area (Å²) in [5.41, 5.74) is 3.15. The Morgan fingerprint density at radius 3 is 2.63 bits per heavy atom. The van der Waals surface area contributed by atoms with E-state index in [1.54, 1.807) is 30.3 Å². The number of hydrogen-bond donors (Lipinski definition) is 0. The monoisotopic (exact) mass is 488 g/mol. The lowest BCUT2D eigenvalue weighted by molar-refractivity contribution is 0.0467. The van der Waals surface area contributed by atoms with Gasteiger partial charge in [0, 0.05) is 34.7 Å². The highest BCUT2D eigenvalue weighted by atomic mass is 32.1. The SMILES string of the molecule is Cc1cc(=O)oc2cc(OCc3ccc(C(=O)OCc4cc(=O)n5c(C)csc5n4)cc3)ccc12. The second-order valence-corrected chi connectivity index (χ2v) is 8.89. The first-order chi connectivity index (χ1) is 16.9. The zero-order chi connectivity index (χ0) is 24.5. The van der Waals surface area contributed by atoms with Gasteiger partial charge in [0.25, 0.3) is 5.56 Å². The standard InChI is InChI=1S/C26H20N2O6S/c1-15-9-24(30)34-22-11-20(7-8-21(15)22)32-12-17-3-5-18(6-4-17)25(31)33-13-19-10-23(29)28-16(2)14-35-26(28)27-19/h3-11,14H,12-13H2,1-2H3. The predicted molar refractivity (Wildman–Crippen MR) is 131 cm³/mol. The molecule has 5 aromatic rings. The van der Waals surface area contributed by atoms with Crippen molar-refractivity contribution in [3.8, 4) is 5.75 Å². The molecule has 0 aliphatic rings. The van der Waals surface area contributed by atoms with E-state index in [1.807, 2.05) is 31.4 Å². The Morgan fingerprint density at radius 2 is 1.83 bits per heavy atom. The molecule has 176 valence electrons. The fourth-order valence-corrected chi connectivity index (χ4v) is 4.59. The molecule has 0 fully saturated rings. The Kier molecular flexibility index (Phi) is 5.92. The van der Waals surface area contributed by atoms with Gasteiger partial charge in [-0.25, -0.2) is 14.6 Å². The van der Waals surface area contributed by atoms with E-state index in [-0.39, 0.29) is 18.8 Å². The van der Waals surface area contributed by atoms with Crippen molar-refractivity contribution in [2.24, 2.45) is 0 Å². The van der Waals surface area contributed by atoms with Crippen LogP contribution >= 0.6 is 11.3 Å². The Morgan fingerprint density at radius 1 is 1.03 bits per heavy atom. The maximum absolute atomic E-state index is 12.4. The van der Waals surface area contributed by atoms with Crippen LogP contribution < -0.4 is 15.9 Å². The van der Waals surface area contributed by atoms with Gasteiger partial charge in [-0.3, -0.25) is 9.20 Å². The maximum Gasteiger partial charge on any atom is 0.338 e. The van der Waals surface area contributed by atoms with E-state index < -0.39 is 11.6 Å². The summed E-state index contributed by atoms with van der Waals surface area (Å²) in [7, 11) is 0. The van der Waals surface area contributed by atoms with Gasteiger partial charge in [0.2, 0.25) is 0 Å². The summed E-state index contributed by atoms with van der Waals surface area (Å²) in [4.78, 5) is 41.3. The first-order valence-electron chi connectivity index (χ1n) is 10.8. The molecule has 0 unspecified atom stereocenters. The summed E-state index contributed by atoms with van der Waals surface area (Å²) in [6, 6.07) is 15.0. The first kappa shape index (κ1) is 22.5. The van der Waals surface area contributed by atoms with E-state index in [9.17, 15) is 14.4 Å². The normalized spacial score (nSPS) is 11.1. The molecule has 0 N–H and O–H groups in total. The smallest absolute Gasteiger partial charge is 0.338 e. The van der Waals surface area contributed by atoms with Crippen LogP contribution in [-0.4, -0.2) is 15.4 Å². The van der Waals surface area contributed by atoms with Crippen LogP contribution in [0.15, 0.2) is 74.0 Å². The lowest BCUT2D eigenvalue weighted by atomic mass is 10.1. The highest BCUT2D eigenvalue weighted by Gasteiger charge is 2.11. The third kappa shape index (κ3) is 4.71. The number of nitrogens with zero attached hydrogens (tertiary/aromatic N) is 2. The van der Waals surface area contributed by atoms with Gasteiger partial charge in [0.15, 0.2) is 4.96 Å². The molecule has 0 amide bonds. The molecule has 0 aliphatic carbocycles. The van der Waals surface area contributed by atoms with Crippen LogP contribution in [0.3, 0.4) is 0 Å². The van der Waals surface area contributed by atoms with E-state index in [0.29, 0.717) is 27.6 Å². The fraction of sp³-hybridized carbons (Fsp3) is 0.154. The summed E-state index contributed by atoms with van der Waals surface area (Å²) in [5, 5.41) is 2.70. The number of rotatable bonds is 6. The third-order valence-electron chi connectivity index (χ3n) is 5.50. The molecule has 8 nitrogen and oxygen atoms in total. The van der Waals surface area contributed by atoms with Gasteiger partial charge in [-0.2, -0.15) is 0 Å². The lowest BCUT2D eigenvalue weighted by Crippen LogP contribution is -2.16. The lowest BCUT2D eigenvalue weighted by Gasteiger charge is -2.09. The molecule has 3 heterocycles. The second-order valence-electron chi connectivity index (χ2n) is 8.05. The highest BCUT2D eigenvalue weighted by Crippen LogP contribution is 2.23. The molecule has 2 aromatic carbocycles. The summed E-state index contributed by atoms with van der Waals surface area (Å²) >= 11 is 1.36. The van der Waals surface area contributed by atoms with Crippen LogP contribution in [0.25, 0.3) is 15.9 Å². The minimum absolute atomic E-state index is 0.0933. The molecule has 9 heteroatoms. The molecule has 0 saturated carbocycles. The molecule has 0 atom stereocenters. The van der Waals surface area contributed by atoms with Crippen molar-refractivity contribution >= 4 is 33.2 Å². The number of aromatic nitrogens is 2. The quantitative estimate of drug-likeness (QED) is 0.258. The van der Waals surface area contributed by atoms with Crippen molar-refractivity contribution < 1.29 is 18.7 Å². The van der Waals surface area contributed by atoms with Crippen molar-refractivity contribution in [2.45, 2.75) is 27.1 Å². The minimum atomic E-state index is -0.512. The van der Waals surface area contributed by atoms with Gasteiger partial charge in [-0.15, -0.1) is 11.3 Å². The Balaban J connectivity index is 1.21. The van der Waals surface area contributed by atoms with Crippen LogP contribution in [-0.2, 0) is 18.0 Å². The van der Waals surface area contributed by atoms with Crippen LogP contribution in [0.1, 0.15) is 32.9 Å². The van der Waals surface area contributed by atoms with E-state index in [0.717, 1.165) is 22.2 Å². The number of esters is 1. The molecular formula is C26H20N2O6S. The van der Waals surface area contributed by atoms with Crippen molar-refractivity contribution in [1.82, 2.24) is 9.38 Å². The minimum Gasteiger partial charge on any atom is -0.489 e. The van der Waals surface area contributed by atoms with Gasteiger partial charge in [-0.05, 0) is 49.2 Å². The second kappa shape index (κ2) is 9.19. The Labute approximate surface area is 203 Å². The topological polar surface area (TPSA) is 100 Å². The van der Waals surface area contributed by atoms with E-state index in [2.05, 4.69) is 4.98 Å². The van der Waals surface area contributed by atoms with Crippen LogP contribution in [0, 0.1) is 13.8 Å². The Bertz CT molecular complexity index is 1680. The number of hydrogen-bond acceptors (Lipinski definition) is 8. The number of carbonyl (C=O) groups is 1. The van der Waals surface area contributed by atoms with Crippen LogP contribution in [0.5, 0.6) is 5.75 Å². The average Bonchev–Trinajstić information content (AvgIpc) is 3.22. The van der Waals surface area contributed by atoms with E-state index >= 15 is 0 Å². The third-order valence-corrected chi connectivity index (χ3v) is 6.44. The summed E-state index contributed by atoms with van der Waals surface area (Å²) in [5.74, 6) is 0.0535. The number of carbonyl (C=O) groups excluding carboxylic acids is 1. The van der Waals surface area contributed by atoms with Crippen molar-refractivity contribution in [2.75, 3.05) is 0 Å². The molecule has 0 aliphatic heterocycles. The van der Waals surface area contributed by atoms with Gasteiger partial charge in [0.1, 0.15) is 24.5 Å². The molecule has 35 heavy (non-hydrogen) atoms. The highest BCUT2D eigenvalue weighted by molar-refractivity contribution is 7.15. The molecule has 0 spiro atoms. The summed E-state index contributed by atoms with van der Waals surface area (Å²) in [6.07, 6.45) is 0. The maximum atomic E-state index is 12.4. The molecule has 0 bridgehead atoms. The molecule has 0 saturated heterocycles. The fourth-order valence-electron chi connectivity index (χ4n) is 3.70. The molecular weight excluding hydrogens is 468 g/mol. The van der Waals surface area contributed by atoms with Crippen molar-refractivity contribution in [3.63, 3.8) is 0 Å². The molecule has 3 aromatic heterocycles.